The van der Waals surface area contributed by atoms with E-state index in [1.165, 1.54) is 10.7 Å². The minimum absolute atomic E-state index is 0.459. The van der Waals surface area contributed by atoms with Crippen molar-refractivity contribution in [3.63, 3.8) is 0 Å². The molecule has 4 aromatic rings. The molecule has 8 heteroatoms. The van der Waals surface area contributed by atoms with Crippen molar-refractivity contribution >= 4 is 27.1 Å². The van der Waals surface area contributed by atoms with Crippen LogP contribution in [-0.4, -0.2) is 34.6 Å². The molecule has 0 fully saturated rings. The summed E-state index contributed by atoms with van der Waals surface area (Å²) in [7, 11) is -3.56. The second-order valence-electron chi connectivity index (χ2n) is 7.36. The van der Waals surface area contributed by atoms with E-state index in [9.17, 15) is 8.42 Å². The summed E-state index contributed by atoms with van der Waals surface area (Å²) in [5.74, 6) is 0. The molecule has 0 unspecified atom stereocenters. The van der Waals surface area contributed by atoms with Crippen LogP contribution in [0.5, 0.6) is 0 Å². The minimum Gasteiger partial charge on any atom is -0.240 e. The van der Waals surface area contributed by atoms with E-state index >= 15 is 0 Å². The standard InChI is InChI=1S/C23H20N4O2S2/c1-31(28,29)27-21(15-20(24-27)22-13-8-14-30-22)19-16-26(18-11-6-3-7-12-18)25-23(19)17-9-4-2-5-10-17/h2-14,16,21H,15H2,1H3/t21-/m0/s1. The van der Waals surface area contributed by atoms with Crippen molar-refractivity contribution in [1.82, 2.24) is 14.2 Å². The number of benzene rings is 2. The molecule has 2 aromatic heterocycles. The average molecular weight is 449 g/mol. The summed E-state index contributed by atoms with van der Waals surface area (Å²) in [6.45, 7) is 0. The Morgan fingerprint density at radius 2 is 1.68 bits per heavy atom. The molecule has 1 aliphatic rings. The molecule has 0 amide bonds. The van der Waals surface area contributed by atoms with Gasteiger partial charge in [0.05, 0.1) is 34.3 Å². The molecule has 0 aliphatic carbocycles. The Bertz CT molecular complexity index is 1330. The maximum absolute atomic E-state index is 12.7. The number of nitrogens with zero attached hydrogens (tertiary/aromatic N) is 4. The van der Waals surface area contributed by atoms with Gasteiger partial charge in [-0.05, 0) is 23.6 Å². The first kappa shape index (κ1) is 19.7. The van der Waals surface area contributed by atoms with Crippen LogP contribution in [0, 0.1) is 0 Å². The maximum Gasteiger partial charge on any atom is 0.247 e. The molecular formula is C23H20N4O2S2. The third-order valence-corrected chi connectivity index (χ3v) is 7.12. The Hall–Kier alpha value is -3.23. The van der Waals surface area contributed by atoms with E-state index in [0.29, 0.717) is 6.42 Å². The second-order valence-corrected chi connectivity index (χ2v) is 10.1. The van der Waals surface area contributed by atoms with Gasteiger partial charge in [-0.1, -0.05) is 54.6 Å². The summed E-state index contributed by atoms with van der Waals surface area (Å²) in [5.41, 5.74) is 4.21. The smallest absolute Gasteiger partial charge is 0.240 e. The van der Waals surface area contributed by atoms with Crippen LogP contribution in [0.1, 0.15) is 22.9 Å². The van der Waals surface area contributed by atoms with Crippen molar-refractivity contribution in [2.45, 2.75) is 12.5 Å². The number of sulfonamides is 1. The van der Waals surface area contributed by atoms with Gasteiger partial charge in [-0.2, -0.15) is 14.6 Å². The molecule has 2 aromatic carbocycles. The lowest BCUT2D eigenvalue weighted by Crippen LogP contribution is -2.26. The average Bonchev–Trinajstić information content (AvgIpc) is 3.53. The SMILES string of the molecule is CS(=O)(=O)N1N=C(c2cccs2)C[C@H]1c1cn(-c2ccccc2)nc1-c1ccccc1. The molecule has 0 bridgehead atoms. The molecule has 5 rings (SSSR count). The first-order chi connectivity index (χ1) is 15.0. The Balaban J connectivity index is 1.65. The molecule has 156 valence electrons. The van der Waals surface area contributed by atoms with E-state index in [0.717, 1.165) is 33.1 Å². The van der Waals surface area contributed by atoms with Crippen LogP contribution in [0.15, 0.2) is 89.5 Å². The lowest BCUT2D eigenvalue weighted by atomic mass is 9.99. The number of rotatable bonds is 5. The predicted octanol–water partition coefficient (Wildman–Crippen LogP) is 4.71. The van der Waals surface area contributed by atoms with Crippen molar-refractivity contribution in [3.05, 3.63) is 94.8 Å². The first-order valence-corrected chi connectivity index (χ1v) is 12.5. The first-order valence-electron chi connectivity index (χ1n) is 9.82. The lowest BCUT2D eigenvalue weighted by Gasteiger charge is -2.21. The molecule has 1 atom stereocenters. The highest BCUT2D eigenvalue weighted by molar-refractivity contribution is 7.88. The van der Waals surface area contributed by atoms with Crippen LogP contribution in [0.4, 0.5) is 0 Å². The van der Waals surface area contributed by atoms with Crippen LogP contribution in [0.2, 0.25) is 0 Å². The quantitative estimate of drug-likeness (QED) is 0.444. The zero-order valence-electron chi connectivity index (χ0n) is 16.8. The van der Waals surface area contributed by atoms with Gasteiger partial charge in [-0.25, -0.2) is 13.1 Å². The summed E-state index contributed by atoms with van der Waals surface area (Å²) in [6, 6.07) is 23.1. The molecule has 0 radical (unpaired) electrons. The molecule has 0 saturated carbocycles. The largest absolute Gasteiger partial charge is 0.247 e. The predicted molar refractivity (Wildman–Crippen MR) is 124 cm³/mol. The van der Waals surface area contributed by atoms with Crippen molar-refractivity contribution < 1.29 is 8.42 Å². The van der Waals surface area contributed by atoms with Gasteiger partial charge in [-0.3, -0.25) is 0 Å². The molecular weight excluding hydrogens is 428 g/mol. The normalized spacial score (nSPS) is 16.5. The molecule has 0 saturated heterocycles. The molecule has 0 spiro atoms. The Labute approximate surface area is 185 Å². The molecule has 6 nitrogen and oxygen atoms in total. The Kier molecular flexibility index (Phi) is 4.95. The van der Waals surface area contributed by atoms with Crippen molar-refractivity contribution in [2.24, 2.45) is 5.10 Å². The fourth-order valence-electron chi connectivity index (χ4n) is 3.78. The van der Waals surface area contributed by atoms with Crippen LogP contribution in [-0.2, 0) is 10.0 Å². The zero-order valence-corrected chi connectivity index (χ0v) is 18.4. The number of aromatic nitrogens is 2. The van der Waals surface area contributed by atoms with E-state index in [4.69, 9.17) is 5.10 Å². The maximum atomic E-state index is 12.7. The van der Waals surface area contributed by atoms with E-state index in [1.807, 2.05) is 84.4 Å². The van der Waals surface area contributed by atoms with Crippen LogP contribution in [0.25, 0.3) is 16.9 Å². The van der Waals surface area contributed by atoms with Crippen LogP contribution < -0.4 is 0 Å². The van der Waals surface area contributed by atoms with E-state index in [1.54, 1.807) is 16.0 Å². The van der Waals surface area contributed by atoms with Crippen molar-refractivity contribution in [3.8, 4) is 16.9 Å². The highest BCUT2D eigenvalue weighted by atomic mass is 32.2. The highest BCUT2D eigenvalue weighted by Gasteiger charge is 2.37. The topological polar surface area (TPSA) is 67.6 Å². The Morgan fingerprint density at radius 3 is 2.32 bits per heavy atom. The lowest BCUT2D eigenvalue weighted by molar-refractivity contribution is 0.375. The monoisotopic (exact) mass is 448 g/mol. The molecule has 0 N–H and O–H groups in total. The second kappa shape index (κ2) is 7.79. The number of hydrogen-bond acceptors (Lipinski definition) is 5. The summed E-state index contributed by atoms with van der Waals surface area (Å²) in [6.07, 6.45) is 3.62. The van der Waals surface area contributed by atoms with Gasteiger partial charge in [0.1, 0.15) is 0 Å². The summed E-state index contributed by atoms with van der Waals surface area (Å²) < 4.78 is 28.3. The summed E-state index contributed by atoms with van der Waals surface area (Å²) in [5, 5.41) is 11.3. The number of hydrogen-bond donors (Lipinski definition) is 0. The van der Waals surface area contributed by atoms with Gasteiger partial charge >= 0.3 is 0 Å². The zero-order chi connectivity index (χ0) is 21.4. The molecule has 31 heavy (non-hydrogen) atoms. The fourth-order valence-corrected chi connectivity index (χ4v) is 5.40. The molecule has 3 heterocycles. The third kappa shape index (κ3) is 3.80. The number of hydrazone groups is 1. The third-order valence-electron chi connectivity index (χ3n) is 5.19. The van der Waals surface area contributed by atoms with Crippen LogP contribution >= 0.6 is 11.3 Å². The Morgan fingerprint density at radius 1 is 0.968 bits per heavy atom. The summed E-state index contributed by atoms with van der Waals surface area (Å²) in [4.78, 5) is 0.980. The fraction of sp³-hybridized carbons (Fsp3) is 0.130. The van der Waals surface area contributed by atoms with Crippen LogP contribution in [0.3, 0.4) is 0 Å². The van der Waals surface area contributed by atoms with Gasteiger partial charge in [0, 0.05) is 23.7 Å². The van der Waals surface area contributed by atoms with Gasteiger partial charge in [-0.15, -0.1) is 11.3 Å². The van der Waals surface area contributed by atoms with Gasteiger partial charge in [0.15, 0.2) is 0 Å². The van der Waals surface area contributed by atoms with Crippen molar-refractivity contribution in [1.29, 1.82) is 0 Å². The van der Waals surface area contributed by atoms with Gasteiger partial charge in [0.25, 0.3) is 0 Å². The van der Waals surface area contributed by atoms with Gasteiger partial charge < -0.3 is 0 Å². The van der Waals surface area contributed by atoms with Gasteiger partial charge in [0.2, 0.25) is 10.0 Å². The van der Waals surface area contributed by atoms with E-state index in [-0.39, 0.29) is 0 Å². The van der Waals surface area contributed by atoms with E-state index in [2.05, 4.69) is 5.10 Å². The number of para-hydroxylation sites is 1. The van der Waals surface area contributed by atoms with E-state index < -0.39 is 16.1 Å². The highest BCUT2D eigenvalue weighted by Crippen LogP contribution is 2.39. The number of thiophene rings is 1. The minimum atomic E-state index is -3.56. The molecule has 1 aliphatic heterocycles. The summed E-state index contributed by atoms with van der Waals surface area (Å²) >= 11 is 1.56. The van der Waals surface area contributed by atoms with Crippen molar-refractivity contribution in [2.75, 3.05) is 6.26 Å².